The Hall–Kier alpha value is -4.33. The van der Waals surface area contributed by atoms with Crippen molar-refractivity contribution in [3.8, 4) is 0 Å². The number of carbonyl (C=O) groups is 2. The fraction of sp³-hybridized carbons (Fsp3) is 0.0833. The van der Waals surface area contributed by atoms with Crippen molar-refractivity contribution < 1.29 is 14.0 Å². The maximum atomic E-state index is 13.4. The van der Waals surface area contributed by atoms with Gasteiger partial charge in [0.05, 0.1) is 5.52 Å². The van der Waals surface area contributed by atoms with E-state index in [9.17, 15) is 14.0 Å². The molecular weight excluding hydrogens is 409 g/mol. The van der Waals surface area contributed by atoms with Crippen molar-refractivity contribution in [1.29, 1.82) is 0 Å². The van der Waals surface area contributed by atoms with Crippen LogP contribution in [0.15, 0.2) is 66.7 Å². The Kier molecular flexibility index (Phi) is 6.03. The van der Waals surface area contributed by atoms with Crippen LogP contribution in [0.4, 0.5) is 4.39 Å². The van der Waals surface area contributed by atoms with E-state index in [0.29, 0.717) is 22.3 Å². The molecule has 2 aromatic heterocycles. The van der Waals surface area contributed by atoms with E-state index in [-0.39, 0.29) is 17.9 Å². The van der Waals surface area contributed by atoms with Gasteiger partial charge in [-0.15, -0.1) is 0 Å². The maximum absolute atomic E-state index is 13.4. The number of aromatic nitrogens is 3. The minimum atomic E-state index is -0.876. The minimum absolute atomic E-state index is 0.124. The van der Waals surface area contributed by atoms with Crippen molar-refractivity contribution in [3.05, 3.63) is 95.1 Å². The van der Waals surface area contributed by atoms with Gasteiger partial charge in [-0.1, -0.05) is 48.5 Å². The number of halogens is 1. The van der Waals surface area contributed by atoms with Crippen LogP contribution in [0.5, 0.6) is 0 Å². The van der Waals surface area contributed by atoms with Gasteiger partial charge in [-0.25, -0.2) is 9.37 Å². The van der Waals surface area contributed by atoms with Crippen molar-refractivity contribution >= 4 is 35.0 Å². The van der Waals surface area contributed by atoms with Crippen LogP contribution in [0, 0.1) is 5.82 Å². The number of hydrogen-bond donors (Lipinski definition) is 3. The number of aromatic amines is 1. The van der Waals surface area contributed by atoms with Gasteiger partial charge < -0.3 is 11.1 Å². The molecule has 0 bridgehead atoms. The molecule has 32 heavy (non-hydrogen) atoms. The number of pyridine rings is 1. The zero-order valence-corrected chi connectivity index (χ0v) is 17.0. The summed E-state index contributed by atoms with van der Waals surface area (Å²) in [7, 11) is 0. The summed E-state index contributed by atoms with van der Waals surface area (Å²) in [6.45, 7) is 0. The average Bonchev–Trinajstić information content (AvgIpc) is 3.20. The number of nitrogens with one attached hydrogen (secondary N) is 2. The second-order valence-corrected chi connectivity index (χ2v) is 7.21. The van der Waals surface area contributed by atoms with Gasteiger partial charge in [-0.05, 0) is 41.5 Å². The van der Waals surface area contributed by atoms with E-state index in [2.05, 4.69) is 20.5 Å². The highest BCUT2D eigenvalue weighted by molar-refractivity contribution is 5.98. The van der Waals surface area contributed by atoms with Gasteiger partial charge in [0.25, 0.3) is 5.91 Å². The molecule has 2 aromatic carbocycles. The zero-order valence-electron chi connectivity index (χ0n) is 17.0. The van der Waals surface area contributed by atoms with E-state index >= 15 is 0 Å². The maximum Gasteiger partial charge on any atom is 0.270 e. The lowest BCUT2D eigenvalue weighted by molar-refractivity contribution is -0.119. The molecular formula is C24H20FN5O2. The summed E-state index contributed by atoms with van der Waals surface area (Å²) in [5.74, 6) is -1.49. The summed E-state index contributed by atoms with van der Waals surface area (Å²) in [5, 5.41) is 9.71. The molecule has 0 aliphatic carbocycles. The smallest absolute Gasteiger partial charge is 0.270 e. The van der Waals surface area contributed by atoms with E-state index < -0.39 is 17.9 Å². The predicted octanol–water partition coefficient (Wildman–Crippen LogP) is 3.09. The summed E-state index contributed by atoms with van der Waals surface area (Å²) in [5.41, 5.74) is 8.76. The molecule has 7 nitrogen and oxygen atoms in total. The number of rotatable bonds is 7. The number of amides is 2. The van der Waals surface area contributed by atoms with Gasteiger partial charge in [0, 0.05) is 6.42 Å². The number of benzene rings is 2. The lowest BCUT2D eigenvalue weighted by Gasteiger charge is -2.15. The third-order valence-electron chi connectivity index (χ3n) is 4.88. The molecule has 4 N–H and O–H groups in total. The molecule has 4 rings (SSSR count). The van der Waals surface area contributed by atoms with E-state index in [0.717, 1.165) is 5.56 Å². The number of fused-ring (bicyclic) bond motifs is 1. The highest BCUT2D eigenvalue weighted by Crippen LogP contribution is 2.17. The summed E-state index contributed by atoms with van der Waals surface area (Å²) in [4.78, 5) is 29.0. The van der Waals surface area contributed by atoms with Gasteiger partial charge >= 0.3 is 0 Å². The van der Waals surface area contributed by atoms with Crippen LogP contribution in [-0.2, 0) is 11.2 Å². The molecule has 0 fully saturated rings. The van der Waals surface area contributed by atoms with Crippen molar-refractivity contribution in [2.24, 2.45) is 5.73 Å². The summed E-state index contributed by atoms with van der Waals surface area (Å²) in [6, 6.07) is 17.8. The SMILES string of the molecule is NC(=O)C(Cc1ccccc1)NC(=O)c1ccc2[nH]nc(C=Cc3cccc(F)c3)c2n1. The lowest BCUT2D eigenvalue weighted by Crippen LogP contribution is -2.46. The molecule has 4 aromatic rings. The van der Waals surface area contributed by atoms with Crippen LogP contribution in [0.25, 0.3) is 23.2 Å². The molecule has 0 aliphatic heterocycles. The molecule has 2 amide bonds. The Labute approximate surface area is 183 Å². The highest BCUT2D eigenvalue weighted by atomic mass is 19.1. The molecule has 0 saturated carbocycles. The van der Waals surface area contributed by atoms with Crippen molar-refractivity contribution in [1.82, 2.24) is 20.5 Å². The molecule has 0 saturated heterocycles. The van der Waals surface area contributed by atoms with Gasteiger partial charge in [0.2, 0.25) is 5.91 Å². The number of H-pyrrole nitrogens is 1. The quantitative estimate of drug-likeness (QED) is 0.419. The van der Waals surface area contributed by atoms with Crippen LogP contribution in [-0.4, -0.2) is 33.0 Å². The van der Waals surface area contributed by atoms with Gasteiger partial charge in [-0.3, -0.25) is 14.7 Å². The normalized spacial score (nSPS) is 12.2. The van der Waals surface area contributed by atoms with Crippen molar-refractivity contribution in [2.75, 3.05) is 0 Å². The van der Waals surface area contributed by atoms with Crippen LogP contribution in [0.3, 0.4) is 0 Å². The van der Waals surface area contributed by atoms with Gasteiger partial charge in [0.15, 0.2) is 0 Å². The Morgan fingerprint density at radius 1 is 1.06 bits per heavy atom. The third-order valence-corrected chi connectivity index (χ3v) is 4.88. The molecule has 1 atom stereocenters. The largest absolute Gasteiger partial charge is 0.368 e. The molecule has 0 aliphatic rings. The van der Waals surface area contributed by atoms with Gasteiger partial charge in [0.1, 0.15) is 28.8 Å². The zero-order chi connectivity index (χ0) is 22.5. The number of nitrogens with two attached hydrogens (primary N) is 1. The number of nitrogens with zero attached hydrogens (tertiary/aromatic N) is 2. The summed E-state index contributed by atoms with van der Waals surface area (Å²) >= 11 is 0. The Bertz CT molecular complexity index is 1300. The van der Waals surface area contributed by atoms with Crippen LogP contribution in [0.2, 0.25) is 0 Å². The lowest BCUT2D eigenvalue weighted by atomic mass is 10.1. The molecule has 0 radical (unpaired) electrons. The van der Waals surface area contributed by atoms with E-state index in [4.69, 9.17) is 5.73 Å². The van der Waals surface area contributed by atoms with Crippen LogP contribution < -0.4 is 11.1 Å². The Morgan fingerprint density at radius 3 is 2.62 bits per heavy atom. The molecule has 0 spiro atoms. The van der Waals surface area contributed by atoms with Crippen LogP contribution in [0.1, 0.15) is 27.3 Å². The summed E-state index contributed by atoms with van der Waals surface area (Å²) in [6.07, 6.45) is 3.66. The standard InChI is InChI=1S/C24H20FN5O2/c25-17-8-4-7-16(13-17)9-10-18-22-19(30-29-18)11-12-20(27-22)24(32)28-21(23(26)31)14-15-5-2-1-3-6-15/h1-13,21H,14H2,(H2,26,31)(H,28,32)(H,29,30). The first kappa shape index (κ1) is 20.9. The highest BCUT2D eigenvalue weighted by Gasteiger charge is 2.21. The first-order chi connectivity index (χ1) is 15.5. The molecule has 2 heterocycles. The van der Waals surface area contributed by atoms with Crippen molar-refractivity contribution in [3.63, 3.8) is 0 Å². The number of carbonyl (C=O) groups excluding carboxylic acids is 2. The second kappa shape index (κ2) is 9.22. The number of primary amides is 1. The monoisotopic (exact) mass is 429 g/mol. The first-order valence-corrected chi connectivity index (χ1v) is 9.92. The Balaban J connectivity index is 1.55. The first-order valence-electron chi connectivity index (χ1n) is 9.92. The molecule has 160 valence electrons. The third kappa shape index (κ3) is 4.86. The molecule has 8 heteroatoms. The van der Waals surface area contributed by atoms with E-state index in [1.807, 2.05) is 30.3 Å². The second-order valence-electron chi connectivity index (χ2n) is 7.21. The van der Waals surface area contributed by atoms with Gasteiger partial charge in [-0.2, -0.15) is 5.10 Å². The van der Waals surface area contributed by atoms with E-state index in [1.165, 1.54) is 18.2 Å². The fourth-order valence-corrected chi connectivity index (χ4v) is 3.25. The van der Waals surface area contributed by atoms with E-state index in [1.54, 1.807) is 30.4 Å². The Morgan fingerprint density at radius 2 is 1.88 bits per heavy atom. The topological polar surface area (TPSA) is 114 Å². The number of hydrogen-bond acceptors (Lipinski definition) is 4. The average molecular weight is 429 g/mol. The van der Waals surface area contributed by atoms with Crippen LogP contribution >= 0.6 is 0 Å². The van der Waals surface area contributed by atoms with Crippen molar-refractivity contribution in [2.45, 2.75) is 12.5 Å². The summed E-state index contributed by atoms with van der Waals surface area (Å²) < 4.78 is 13.4. The predicted molar refractivity (Wildman–Crippen MR) is 120 cm³/mol. The molecule has 1 unspecified atom stereocenters. The minimum Gasteiger partial charge on any atom is -0.368 e. The fourth-order valence-electron chi connectivity index (χ4n) is 3.25.